The van der Waals surface area contributed by atoms with E-state index in [0.717, 1.165) is 23.2 Å². The van der Waals surface area contributed by atoms with E-state index in [9.17, 15) is 9.18 Å². The van der Waals surface area contributed by atoms with Gasteiger partial charge in [-0.15, -0.1) is 0 Å². The summed E-state index contributed by atoms with van der Waals surface area (Å²) in [7, 11) is 1.40. The first-order valence-electron chi connectivity index (χ1n) is 6.85. The third-order valence-corrected chi connectivity index (χ3v) is 3.78. The SMILES string of the molecule is COc1ccc(C(=O)N2CCc3ccc(C)cc32)cc1F. The quantitative estimate of drug-likeness (QED) is 0.847. The molecule has 0 unspecified atom stereocenters. The number of carbonyl (C=O) groups is 1. The maximum absolute atomic E-state index is 13.8. The molecule has 0 atom stereocenters. The van der Waals surface area contributed by atoms with Gasteiger partial charge in [-0.1, -0.05) is 12.1 Å². The molecule has 0 radical (unpaired) electrons. The number of methoxy groups -OCH3 is 1. The summed E-state index contributed by atoms with van der Waals surface area (Å²) in [6.07, 6.45) is 0.833. The maximum Gasteiger partial charge on any atom is 0.258 e. The van der Waals surface area contributed by atoms with Crippen LogP contribution in [0, 0.1) is 12.7 Å². The Morgan fingerprint density at radius 3 is 2.76 bits per heavy atom. The van der Waals surface area contributed by atoms with Crippen LogP contribution in [0.5, 0.6) is 5.75 Å². The highest BCUT2D eigenvalue weighted by atomic mass is 19.1. The van der Waals surface area contributed by atoms with Crippen molar-refractivity contribution in [1.82, 2.24) is 0 Å². The third kappa shape index (κ3) is 2.37. The summed E-state index contributed by atoms with van der Waals surface area (Å²) < 4.78 is 18.6. The molecular formula is C17H16FNO2. The molecule has 4 heteroatoms. The predicted octanol–water partition coefficient (Wildman–Crippen LogP) is 3.35. The number of anilines is 1. The summed E-state index contributed by atoms with van der Waals surface area (Å²) in [5, 5.41) is 0. The van der Waals surface area contributed by atoms with Crippen molar-refractivity contribution in [3.05, 3.63) is 58.9 Å². The van der Waals surface area contributed by atoms with Crippen LogP contribution in [0.15, 0.2) is 36.4 Å². The van der Waals surface area contributed by atoms with E-state index in [4.69, 9.17) is 4.74 Å². The van der Waals surface area contributed by atoms with Gasteiger partial charge in [0.1, 0.15) is 0 Å². The van der Waals surface area contributed by atoms with Gasteiger partial charge in [-0.25, -0.2) is 4.39 Å². The number of ether oxygens (including phenoxy) is 1. The normalized spacial score (nSPS) is 13.2. The van der Waals surface area contributed by atoms with Crippen LogP contribution in [0.3, 0.4) is 0 Å². The van der Waals surface area contributed by atoms with E-state index in [2.05, 4.69) is 0 Å². The Kier molecular flexibility index (Phi) is 3.37. The average molecular weight is 285 g/mol. The van der Waals surface area contributed by atoms with Crippen molar-refractivity contribution < 1.29 is 13.9 Å². The Morgan fingerprint density at radius 2 is 2.05 bits per heavy atom. The lowest BCUT2D eigenvalue weighted by atomic mass is 10.1. The fraction of sp³-hybridized carbons (Fsp3) is 0.235. The molecular weight excluding hydrogens is 269 g/mol. The molecule has 3 rings (SSSR count). The largest absolute Gasteiger partial charge is 0.494 e. The minimum Gasteiger partial charge on any atom is -0.494 e. The Bertz CT molecular complexity index is 712. The summed E-state index contributed by atoms with van der Waals surface area (Å²) >= 11 is 0. The fourth-order valence-corrected chi connectivity index (χ4v) is 2.66. The van der Waals surface area contributed by atoms with E-state index in [1.807, 2.05) is 25.1 Å². The smallest absolute Gasteiger partial charge is 0.258 e. The second-order valence-electron chi connectivity index (χ2n) is 5.19. The maximum atomic E-state index is 13.8. The first kappa shape index (κ1) is 13.6. The van der Waals surface area contributed by atoms with Gasteiger partial charge in [-0.3, -0.25) is 4.79 Å². The monoisotopic (exact) mass is 285 g/mol. The van der Waals surface area contributed by atoms with Crippen molar-refractivity contribution in [1.29, 1.82) is 0 Å². The summed E-state index contributed by atoms with van der Waals surface area (Å²) in [4.78, 5) is 14.3. The lowest BCUT2D eigenvalue weighted by Gasteiger charge is -2.18. The Hall–Kier alpha value is -2.36. The van der Waals surface area contributed by atoms with Crippen LogP contribution < -0.4 is 9.64 Å². The van der Waals surface area contributed by atoms with Crippen molar-refractivity contribution in [2.45, 2.75) is 13.3 Å². The molecule has 0 saturated heterocycles. The Morgan fingerprint density at radius 1 is 1.24 bits per heavy atom. The molecule has 1 aliphatic rings. The van der Waals surface area contributed by atoms with Crippen LogP contribution in [-0.2, 0) is 6.42 Å². The molecule has 2 aromatic carbocycles. The number of hydrogen-bond donors (Lipinski definition) is 0. The van der Waals surface area contributed by atoms with Gasteiger partial charge in [-0.2, -0.15) is 0 Å². The van der Waals surface area contributed by atoms with E-state index in [0.29, 0.717) is 12.1 Å². The average Bonchev–Trinajstić information content (AvgIpc) is 2.89. The van der Waals surface area contributed by atoms with Crippen LogP contribution in [-0.4, -0.2) is 19.6 Å². The van der Waals surface area contributed by atoms with Crippen LogP contribution in [0.1, 0.15) is 21.5 Å². The number of nitrogens with zero attached hydrogens (tertiary/aromatic N) is 1. The van der Waals surface area contributed by atoms with Gasteiger partial charge in [0.15, 0.2) is 11.6 Å². The van der Waals surface area contributed by atoms with Crippen molar-refractivity contribution in [3.8, 4) is 5.75 Å². The Labute approximate surface area is 123 Å². The molecule has 108 valence electrons. The molecule has 1 aliphatic heterocycles. The number of amides is 1. The highest BCUT2D eigenvalue weighted by molar-refractivity contribution is 6.07. The van der Waals surface area contributed by atoms with Crippen LogP contribution in [0.25, 0.3) is 0 Å². The fourth-order valence-electron chi connectivity index (χ4n) is 2.66. The standard InChI is InChI=1S/C17H16FNO2/c1-11-3-4-12-7-8-19(15(12)9-11)17(20)13-5-6-16(21-2)14(18)10-13/h3-6,9-10H,7-8H2,1-2H3. The number of aryl methyl sites for hydroxylation is 1. The molecule has 0 bridgehead atoms. The van der Waals surface area contributed by atoms with E-state index in [1.54, 1.807) is 11.0 Å². The summed E-state index contributed by atoms with van der Waals surface area (Å²) in [5.74, 6) is -0.558. The predicted molar refractivity (Wildman–Crippen MR) is 79.5 cm³/mol. The Balaban J connectivity index is 1.94. The van der Waals surface area contributed by atoms with E-state index < -0.39 is 5.82 Å². The molecule has 0 aliphatic carbocycles. The first-order chi connectivity index (χ1) is 10.1. The highest BCUT2D eigenvalue weighted by Gasteiger charge is 2.26. The molecule has 1 amide bonds. The van der Waals surface area contributed by atoms with E-state index >= 15 is 0 Å². The summed E-state index contributed by atoms with van der Waals surface area (Å²) in [6, 6.07) is 10.4. The van der Waals surface area contributed by atoms with E-state index in [-0.39, 0.29) is 11.7 Å². The van der Waals surface area contributed by atoms with Gasteiger partial charge in [-0.05, 0) is 48.7 Å². The van der Waals surface area contributed by atoms with E-state index in [1.165, 1.54) is 19.2 Å². The van der Waals surface area contributed by atoms with Crippen molar-refractivity contribution >= 4 is 11.6 Å². The van der Waals surface area contributed by atoms with Crippen LogP contribution in [0.2, 0.25) is 0 Å². The number of benzene rings is 2. The summed E-state index contributed by atoms with van der Waals surface area (Å²) in [5.41, 5.74) is 3.52. The molecule has 21 heavy (non-hydrogen) atoms. The van der Waals surface area contributed by atoms with Crippen molar-refractivity contribution in [3.63, 3.8) is 0 Å². The number of halogens is 1. The van der Waals surface area contributed by atoms with Crippen LogP contribution >= 0.6 is 0 Å². The molecule has 0 N–H and O–H groups in total. The van der Waals surface area contributed by atoms with Gasteiger partial charge < -0.3 is 9.64 Å². The highest BCUT2D eigenvalue weighted by Crippen LogP contribution is 2.30. The number of rotatable bonds is 2. The second kappa shape index (κ2) is 5.20. The molecule has 0 aromatic heterocycles. The number of fused-ring (bicyclic) bond motifs is 1. The number of hydrogen-bond acceptors (Lipinski definition) is 2. The lowest BCUT2D eigenvalue weighted by Crippen LogP contribution is -2.29. The minimum atomic E-state index is -0.521. The molecule has 0 fully saturated rings. The molecule has 2 aromatic rings. The summed E-state index contributed by atoms with van der Waals surface area (Å²) in [6.45, 7) is 2.62. The van der Waals surface area contributed by atoms with Crippen LogP contribution in [0.4, 0.5) is 10.1 Å². The molecule has 0 saturated carbocycles. The van der Waals surface area contributed by atoms with Crippen molar-refractivity contribution in [2.24, 2.45) is 0 Å². The number of carbonyl (C=O) groups excluding carboxylic acids is 1. The van der Waals surface area contributed by atoms with Gasteiger partial charge in [0.05, 0.1) is 7.11 Å². The first-order valence-corrected chi connectivity index (χ1v) is 6.85. The lowest BCUT2D eigenvalue weighted by molar-refractivity contribution is 0.0989. The third-order valence-electron chi connectivity index (χ3n) is 3.78. The topological polar surface area (TPSA) is 29.5 Å². The molecule has 0 spiro atoms. The van der Waals surface area contributed by atoms with Crippen molar-refractivity contribution in [2.75, 3.05) is 18.6 Å². The second-order valence-corrected chi connectivity index (χ2v) is 5.19. The van der Waals surface area contributed by atoms with Gasteiger partial charge in [0.2, 0.25) is 0 Å². The zero-order chi connectivity index (χ0) is 15.0. The molecule has 3 nitrogen and oxygen atoms in total. The molecule has 1 heterocycles. The van der Waals surface area contributed by atoms with Gasteiger partial charge in [0, 0.05) is 17.8 Å². The van der Waals surface area contributed by atoms with Gasteiger partial charge in [0.25, 0.3) is 5.91 Å². The zero-order valence-electron chi connectivity index (χ0n) is 12.0. The van der Waals surface area contributed by atoms with Gasteiger partial charge >= 0.3 is 0 Å². The minimum absolute atomic E-state index is 0.143. The zero-order valence-corrected chi connectivity index (χ0v) is 12.0.